The summed E-state index contributed by atoms with van der Waals surface area (Å²) in [6.07, 6.45) is 0. The van der Waals surface area contributed by atoms with Crippen LogP contribution in [-0.4, -0.2) is 23.8 Å². The molecule has 75 heavy (non-hydrogen) atoms. The summed E-state index contributed by atoms with van der Waals surface area (Å²) in [5.74, 6) is 1.83. The number of hydrogen-bond acceptors (Lipinski definition) is 4. The summed E-state index contributed by atoms with van der Waals surface area (Å²) in [4.78, 5) is 18.1. The Hall–Kier alpha value is -10.2. The highest BCUT2D eigenvalue weighted by molar-refractivity contribution is 6.26. The molecule has 0 spiro atoms. The number of fused-ring (bicyclic) bond motifs is 12. The van der Waals surface area contributed by atoms with Gasteiger partial charge < -0.3 is 13.7 Å². The van der Waals surface area contributed by atoms with Crippen molar-refractivity contribution in [1.29, 1.82) is 0 Å². The minimum atomic E-state index is 0.602. The molecule has 0 aliphatic rings. The molecule has 0 saturated carbocycles. The number of benzene rings is 11. The lowest BCUT2D eigenvalue weighted by Gasteiger charge is -2.26. The Kier molecular flexibility index (Phi) is 8.94. The number of nitrogens with zero attached hydrogens (tertiary/aromatic N) is 6. The number of rotatable bonds is 8. The van der Waals surface area contributed by atoms with Crippen LogP contribution in [0.25, 0.3) is 133 Å². The molecule has 0 aliphatic carbocycles. The molecule has 16 rings (SSSR count). The molecule has 5 aromatic heterocycles. The van der Waals surface area contributed by atoms with Crippen LogP contribution in [0.15, 0.2) is 255 Å². The molecule has 6 nitrogen and oxygen atoms in total. The maximum absolute atomic E-state index is 5.23. The summed E-state index contributed by atoms with van der Waals surface area (Å²) in [5.41, 5.74) is 17.8. The van der Waals surface area contributed by atoms with Gasteiger partial charge in [0, 0.05) is 76.8 Å². The second-order valence-electron chi connectivity index (χ2n) is 19.6. The van der Waals surface area contributed by atoms with Crippen molar-refractivity contribution < 1.29 is 0 Å². The fraction of sp³-hybridized carbons (Fsp3) is 0. The van der Waals surface area contributed by atoms with E-state index in [1.54, 1.807) is 0 Å². The first kappa shape index (κ1) is 41.4. The van der Waals surface area contributed by atoms with Crippen molar-refractivity contribution in [2.24, 2.45) is 0 Å². The maximum atomic E-state index is 5.23. The number of para-hydroxylation sites is 4. The van der Waals surface area contributed by atoms with E-state index < -0.39 is 0 Å². The fourth-order valence-electron chi connectivity index (χ4n) is 12.0. The van der Waals surface area contributed by atoms with Crippen LogP contribution in [0.1, 0.15) is 0 Å². The van der Waals surface area contributed by atoms with E-state index in [0.29, 0.717) is 17.5 Å². The topological polar surface area (TPSA) is 50.7 Å². The molecule has 0 unspecified atom stereocenters. The van der Waals surface area contributed by atoms with E-state index in [4.69, 9.17) is 15.0 Å². The van der Waals surface area contributed by atoms with Crippen molar-refractivity contribution in [3.05, 3.63) is 255 Å². The van der Waals surface area contributed by atoms with Crippen molar-refractivity contribution in [2.45, 2.75) is 0 Å². The Morgan fingerprint density at radius 1 is 0.227 bits per heavy atom. The van der Waals surface area contributed by atoms with Crippen LogP contribution < -0.4 is 4.90 Å². The van der Waals surface area contributed by atoms with Crippen LogP contribution in [-0.2, 0) is 0 Å². The third-order valence-electron chi connectivity index (χ3n) is 15.4. The molecule has 11 aromatic carbocycles. The van der Waals surface area contributed by atoms with E-state index >= 15 is 0 Å². The lowest BCUT2D eigenvalue weighted by molar-refractivity contribution is 1.07. The van der Waals surface area contributed by atoms with Crippen molar-refractivity contribution in [3.8, 4) is 56.4 Å². The van der Waals surface area contributed by atoms with Gasteiger partial charge in [0.2, 0.25) is 0 Å². The second-order valence-corrected chi connectivity index (χ2v) is 19.6. The van der Waals surface area contributed by atoms with Gasteiger partial charge in [-0.25, -0.2) is 15.0 Å². The van der Waals surface area contributed by atoms with Crippen LogP contribution in [0.4, 0.5) is 17.1 Å². The standard InChI is InChI=1S/C69H42N6/c1-3-15-43(16-4-1)45-27-31-47(32-28-45)67-70-68(48-33-29-46(30-34-48)44-17-5-2-6-18-44)72-69(71-67)49-35-37-50(38-36-49)73(51-39-57-53-19-7-11-23-61(53)74-62-24-12-8-20-54(62)58(40-51)65(57)74)52-41-59-55-21-9-13-25-63(55)75-64-26-14-10-22-56(64)60(42-52)66(59)75/h1-42H. The molecule has 0 N–H and O–H groups in total. The fourth-order valence-corrected chi connectivity index (χ4v) is 12.0. The summed E-state index contributed by atoms with van der Waals surface area (Å²) in [7, 11) is 0. The second kappa shape index (κ2) is 16.2. The predicted molar refractivity (Wildman–Crippen MR) is 311 cm³/mol. The number of aromatic nitrogens is 5. The normalized spacial score (nSPS) is 12.0. The highest BCUT2D eigenvalue weighted by atomic mass is 15.1. The van der Waals surface area contributed by atoms with Gasteiger partial charge in [-0.15, -0.1) is 0 Å². The molecule has 0 aliphatic heterocycles. The van der Waals surface area contributed by atoms with Crippen molar-refractivity contribution in [3.63, 3.8) is 0 Å². The zero-order valence-corrected chi connectivity index (χ0v) is 40.4. The summed E-state index contributed by atoms with van der Waals surface area (Å²) < 4.78 is 4.90. The average molecular weight is 955 g/mol. The van der Waals surface area contributed by atoms with Gasteiger partial charge >= 0.3 is 0 Å². The van der Waals surface area contributed by atoms with Gasteiger partial charge in [-0.2, -0.15) is 0 Å². The highest BCUT2D eigenvalue weighted by Gasteiger charge is 2.25. The van der Waals surface area contributed by atoms with Gasteiger partial charge in [-0.05, 0) is 95.1 Å². The molecular weight excluding hydrogens is 913 g/mol. The quantitative estimate of drug-likeness (QED) is 0.152. The maximum Gasteiger partial charge on any atom is 0.164 e. The Labute approximate surface area is 431 Å². The van der Waals surface area contributed by atoms with Gasteiger partial charge in [0.1, 0.15) is 0 Å². The molecule has 16 aromatic rings. The van der Waals surface area contributed by atoms with Crippen LogP contribution in [0.3, 0.4) is 0 Å². The third-order valence-corrected chi connectivity index (χ3v) is 15.4. The van der Waals surface area contributed by atoms with Gasteiger partial charge in [-0.1, -0.05) is 182 Å². The van der Waals surface area contributed by atoms with Crippen molar-refractivity contribution >= 4 is 93.3 Å². The summed E-state index contributed by atoms with van der Waals surface area (Å²) in [6, 6.07) is 91.6. The van der Waals surface area contributed by atoms with Crippen LogP contribution >= 0.6 is 0 Å². The van der Waals surface area contributed by atoms with Crippen molar-refractivity contribution in [1.82, 2.24) is 23.8 Å². The molecule has 0 fully saturated rings. The third kappa shape index (κ3) is 6.36. The first-order chi connectivity index (χ1) is 37.2. The molecule has 0 bridgehead atoms. The molecule has 0 amide bonds. The molecule has 6 heteroatoms. The largest absolute Gasteiger partial charge is 0.310 e. The lowest BCUT2D eigenvalue weighted by Crippen LogP contribution is -2.10. The predicted octanol–water partition coefficient (Wildman–Crippen LogP) is 18.0. The van der Waals surface area contributed by atoms with Gasteiger partial charge in [0.25, 0.3) is 0 Å². The van der Waals surface area contributed by atoms with Crippen LogP contribution in [0, 0.1) is 0 Å². The minimum absolute atomic E-state index is 0.602. The summed E-state index contributed by atoms with van der Waals surface area (Å²) >= 11 is 0. The minimum Gasteiger partial charge on any atom is -0.310 e. The summed E-state index contributed by atoms with van der Waals surface area (Å²) in [5, 5.41) is 9.83. The first-order valence-corrected chi connectivity index (χ1v) is 25.5. The zero-order valence-electron chi connectivity index (χ0n) is 40.4. The SMILES string of the molecule is c1ccc(-c2ccc(-c3nc(-c4ccc(-c5ccccc5)cc4)nc(-c4ccc(N(c5cc6c7ccccc7n7c8ccccc8c(c5)c67)c5cc6c7ccccc7n7c8ccccc8c(c5)c67)cc4)n3)cc2)cc1. The molecule has 0 radical (unpaired) electrons. The van der Waals surface area contributed by atoms with E-state index in [1.807, 2.05) is 12.1 Å². The Bertz CT molecular complexity index is 4400. The number of anilines is 3. The van der Waals surface area contributed by atoms with E-state index in [2.05, 4.69) is 256 Å². The van der Waals surface area contributed by atoms with Crippen LogP contribution in [0.2, 0.25) is 0 Å². The molecule has 348 valence electrons. The average Bonchev–Trinajstić information content (AvgIpc) is 4.22. The molecule has 0 atom stereocenters. The lowest BCUT2D eigenvalue weighted by atomic mass is 10.0. The molecule has 0 saturated heterocycles. The van der Waals surface area contributed by atoms with E-state index in [-0.39, 0.29) is 0 Å². The first-order valence-electron chi connectivity index (χ1n) is 25.5. The van der Waals surface area contributed by atoms with E-state index in [0.717, 1.165) is 56.0 Å². The zero-order chi connectivity index (χ0) is 49.1. The van der Waals surface area contributed by atoms with Gasteiger partial charge in [-0.3, -0.25) is 0 Å². The molecule has 5 heterocycles. The van der Waals surface area contributed by atoms with Crippen molar-refractivity contribution in [2.75, 3.05) is 4.90 Å². The Morgan fingerprint density at radius 2 is 0.493 bits per heavy atom. The van der Waals surface area contributed by atoms with E-state index in [1.165, 1.54) is 76.2 Å². The van der Waals surface area contributed by atoms with Gasteiger partial charge in [0.15, 0.2) is 17.5 Å². The smallest absolute Gasteiger partial charge is 0.164 e. The molecular formula is C69H42N6. The van der Waals surface area contributed by atoms with E-state index in [9.17, 15) is 0 Å². The Morgan fingerprint density at radius 3 is 0.827 bits per heavy atom. The summed E-state index contributed by atoms with van der Waals surface area (Å²) in [6.45, 7) is 0. The number of hydrogen-bond donors (Lipinski definition) is 0. The monoisotopic (exact) mass is 954 g/mol. The highest BCUT2D eigenvalue weighted by Crippen LogP contribution is 2.48. The Balaban J connectivity index is 0.893. The van der Waals surface area contributed by atoms with Crippen LogP contribution in [0.5, 0.6) is 0 Å². The van der Waals surface area contributed by atoms with Gasteiger partial charge in [0.05, 0.1) is 33.1 Å².